The predicted octanol–water partition coefficient (Wildman–Crippen LogP) is 4.63. The molecule has 2 amide bonds. The van der Waals surface area contributed by atoms with Crippen LogP contribution in [-0.2, 0) is 4.79 Å². The second kappa shape index (κ2) is 13.0. The molecule has 1 aromatic carbocycles. The van der Waals surface area contributed by atoms with Gasteiger partial charge in [0.1, 0.15) is 12.4 Å². The zero-order chi connectivity index (χ0) is 24.4. The molecule has 0 fully saturated rings. The van der Waals surface area contributed by atoms with E-state index in [2.05, 4.69) is 29.5 Å². The summed E-state index contributed by atoms with van der Waals surface area (Å²) >= 11 is 6.26. The van der Waals surface area contributed by atoms with E-state index in [1.807, 2.05) is 32.9 Å². The van der Waals surface area contributed by atoms with Crippen LogP contribution in [0.1, 0.15) is 51.4 Å². The highest BCUT2D eigenvalue weighted by Gasteiger charge is 2.21. The fourth-order valence-corrected chi connectivity index (χ4v) is 3.30. The number of nitrogens with zero attached hydrogens (tertiary/aromatic N) is 2. The Bertz CT molecular complexity index is 906. The van der Waals surface area contributed by atoms with E-state index in [1.165, 1.54) is 0 Å². The van der Waals surface area contributed by atoms with Crippen LogP contribution in [0.25, 0.3) is 0 Å². The summed E-state index contributed by atoms with van der Waals surface area (Å²) in [6, 6.07) is 8.77. The first-order valence-corrected chi connectivity index (χ1v) is 11.7. The molecule has 1 heterocycles. The van der Waals surface area contributed by atoms with Crippen molar-refractivity contribution in [2.75, 3.05) is 25.0 Å². The number of carbonyl (C=O) groups is 2. The molecule has 180 valence electrons. The summed E-state index contributed by atoms with van der Waals surface area (Å²) in [4.78, 5) is 31.2. The highest BCUT2D eigenvalue weighted by atomic mass is 35.5. The third-order valence-electron chi connectivity index (χ3n) is 5.35. The Balaban J connectivity index is 1.97. The number of aromatic nitrogens is 1. The van der Waals surface area contributed by atoms with Crippen LogP contribution in [-0.4, -0.2) is 53.5 Å². The molecule has 0 saturated carbocycles. The third kappa shape index (κ3) is 8.92. The number of nitrogens with one attached hydrogen (secondary N) is 2. The Kier molecular flexibility index (Phi) is 10.5. The first kappa shape index (κ1) is 26.5. The lowest BCUT2D eigenvalue weighted by atomic mass is 10.1. The van der Waals surface area contributed by atoms with Crippen molar-refractivity contribution >= 4 is 29.1 Å². The summed E-state index contributed by atoms with van der Waals surface area (Å²) in [6.45, 7) is 11.3. The molecule has 8 heteroatoms. The van der Waals surface area contributed by atoms with Gasteiger partial charge in [0.2, 0.25) is 5.91 Å². The van der Waals surface area contributed by atoms with E-state index in [9.17, 15) is 9.59 Å². The Morgan fingerprint density at radius 2 is 1.79 bits per heavy atom. The highest BCUT2D eigenvalue weighted by molar-refractivity contribution is 6.31. The van der Waals surface area contributed by atoms with E-state index in [-0.39, 0.29) is 30.3 Å². The molecule has 2 rings (SSSR count). The van der Waals surface area contributed by atoms with Gasteiger partial charge in [-0.25, -0.2) is 0 Å². The minimum atomic E-state index is -0.183. The Hall–Kier alpha value is -2.80. The lowest BCUT2D eigenvalue weighted by Gasteiger charge is -2.27. The van der Waals surface area contributed by atoms with Gasteiger partial charge in [-0.2, -0.15) is 0 Å². The van der Waals surface area contributed by atoms with Crippen molar-refractivity contribution in [3.63, 3.8) is 0 Å². The van der Waals surface area contributed by atoms with E-state index in [4.69, 9.17) is 16.3 Å². The lowest BCUT2D eigenvalue weighted by molar-refractivity contribution is -0.122. The molecule has 1 aromatic heterocycles. The van der Waals surface area contributed by atoms with E-state index in [1.54, 1.807) is 35.5 Å². The van der Waals surface area contributed by atoms with Crippen LogP contribution in [0.3, 0.4) is 0 Å². The predicted molar refractivity (Wildman–Crippen MR) is 133 cm³/mol. The molecule has 0 aliphatic rings. The Labute approximate surface area is 201 Å². The molecule has 2 N–H and O–H groups in total. The molecule has 1 unspecified atom stereocenters. The van der Waals surface area contributed by atoms with Crippen LogP contribution < -0.4 is 15.4 Å². The average molecular weight is 475 g/mol. The Morgan fingerprint density at radius 1 is 1.09 bits per heavy atom. The van der Waals surface area contributed by atoms with Crippen LogP contribution >= 0.6 is 11.6 Å². The van der Waals surface area contributed by atoms with E-state index < -0.39 is 0 Å². The molecule has 0 bridgehead atoms. The zero-order valence-electron chi connectivity index (χ0n) is 20.1. The van der Waals surface area contributed by atoms with Gasteiger partial charge >= 0.3 is 0 Å². The number of ether oxygens (including phenoxy) is 1. The summed E-state index contributed by atoms with van der Waals surface area (Å²) in [6.07, 6.45) is 3.67. The van der Waals surface area contributed by atoms with Crippen molar-refractivity contribution in [3.8, 4) is 5.75 Å². The minimum Gasteiger partial charge on any atom is -0.492 e. The summed E-state index contributed by atoms with van der Waals surface area (Å²) in [5.41, 5.74) is 1.39. The van der Waals surface area contributed by atoms with Crippen molar-refractivity contribution < 1.29 is 14.3 Å². The summed E-state index contributed by atoms with van der Waals surface area (Å²) in [7, 11) is 0. The first-order chi connectivity index (χ1) is 15.7. The van der Waals surface area contributed by atoms with E-state index in [0.29, 0.717) is 41.9 Å². The number of benzene rings is 1. The van der Waals surface area contributed by atoms with Gasteiger partial charge in [-0.15, -0.1) is 0 Å². The molecular formula is C25H35ClN4O3. The number of hydrogen-bond donors (Lipinski definition) is 2. The van der Waals surface area contributed by atoms with Gasteiger partial charge < -0.3 is 20.3 Å². The molecule has 33 heavy (non-hydrogen) atoms. The smallest absolute Gasteiger partial charge is 0.254 e. The van der Waals surface area contributed by atoms with Crippen molar-refractivity contribution in [2.45, 2.75) is 53.1 Å². The largest absolute Gasteiger partial charge is 0.492 e. The maximum absolute atomic E-state index is 13.2. The standard InChI is InChI=1S/C25H35ClN4O3/c1-17(2)19(5)29-24(31)8-12-30(18(3)4)25(32)20-14-21(26)16-23(15-20)33-13-11-28-22-6-9-27-10-7-22/h6-7,9-10,14-19H,8,11-13H2,1-5H3,(H,27,28)(H,29,31). The number of hydrogen-bond acceptors (Lipinski definition) is 5. The zero-order valence-corrected chi connectivity index (χ0v) is 20.9. The van der Waals surface area contributed by atoms with Gasteiger partial charge in [-0.3, -0.25) is 14.6 Å². The van der Waals surface area contributed by atoms with Gasteiger partial charge in [0.15, 0.2) is 0 Å². The quantitative estimate of drug-likeness (QED) is 0.438. The highest BCUT2D eigenvalue weighted by Crippen LogP contribution is 2.23. The maximum atomic E-state index is 13.2. The molecule has 1 atom stereocenters. The number of rotatable bonds is 12. The van der Waals surface area contributed by atoms with Crippen molar-refractivity contribution in [2.24, 2.45) is 5.92 Å². The third-order valence-corrected chi connectivity index (χ3v) is 5.57. The van der Waals surface area contributed by atoms with Crippen LogP contribution in [0.2, 0.25) is 5.02 Å². The Morgan fingerprint density at radius 3 is 2.42 bits per heavy atom. The fourth-order valence-electron chi connectivity index (χ4n) is 3.08. The molecular weight excluding hydrogens is 440 g/mol. The van der Waals surface area contributed by atoms with Gasteiger partial charge in [0.05, 0.1) is 0 Å². The molecule has 0 spiro atoms. The van der Waals surface area contributed by atoms with Crippen molar-refractivity contribution in [3.05, 3.63) is 53.3 Å². The second-order valence-corrected chi connectivity index (χ2v) is 9.07. The van der Waals surface area contributed by atoms with Gasteiger partial charge in [0, 0.05) is 60.3 Å². The second-order valence-electron chi connectivity index (χ2n) is 8.63. The summed E-state index contributed by atoms with van der Waals surface area (Å²) < 4.78 is 5.81. The normalized spacial score (nSPS) is 11.9. The van der Waals surface area contributed by atoms with Crippen molar-refractivity contribution in [1.29, 1.82) is 0 Å². The van der Waals surface area contributed by atoms with Gasteiger partial charge in [-0.05, 0) is 57.0 Å². The summed E-state index contributed by atoms with van der Waals surface area (Å²) in [5, 5.41) is 6.64. The number of pyridine rings is 1. The number of amides is 2. The van der Waals surface area contributed by atoms with Crippen LogP contribution in [0.5, 0.6) is 5.75 Å². The van der Waals surface area contributed by atoms with E-state index in [0.717, 1.165) is 5.69 Å². The minimum absolute atomic E-state index is 0.0635. The molecule has 7 nitrogen and oxygen atoms in total. The summed E-state index contributed by atoms with van der Waals surface area (Å²) in [5.74, 6) is 0.625. The molecule has 0 aliphatic carbocycles. The number of halogens is 1. The molecule has 0 aliphatic heterocycles. The number of anilines is 1. The van der Waals surface area contributed by atoms with Crippen LogP contribution in [0.15, 0.2) is 42.7 Å². The molecule has 0 saturated heterocycles. The van der Waals surface area contributed by atoms with Crippen molar-refractivity contribution in [1.82, 2.24) is 15.2 Å². The van der Waals surface area contributed by atoms with Crippen LogP contribution in [0, 0.1) is 5.92 Å². The van der Waals surface area contributed by atoms with Gasteiger partial charge in [-0.1, -0.05) is 25.4 Å². The monoisotopic (exact) mass is 474 g/mol. The molecule has 0 radical (unpaired) electrons. The lowest BCUT2D eigenvalue weighted by Crippen LogP contribution is -2.42. The van der Waals surface area contributed by atoms with Gasteiger partial charge in [0.25, 0.3) is 5.91 Å². The molecule has 2 aromatic rings. The SMILES string of the molecule is CC(C)C(C)NC(=O)CCN(C(=O)c1cc(Cl)cc(OCCNc2ccncc2)c1)C(C)C. The topological polar surface area (TPSA) is 83.6 Å². The average Bonchev–Trinajstić information content (AvgIpc) is 2.76. The fraction of sp³-hybridized carbons (Fsp3) is 0.480. The van der Waals surface area contributed by atoms with Crippen LogP contribution in [0.4, 0.5) is 5.69 Å². The number of carbonyl (C=O) groups excluding carboxylic acids is 2. The first-order valence-electron chi connectivity index (χ1n) is 11.3. The maximum Gasteiger partial charge on any atom is 0.254 e. The van der Waals surface area contributed by atoms with E-state index >= 15 is 0 Å².